The fourth-order valence-corrected chi connectivity index (χ4v) is 3.53. The average molecular weight is 376 g/mol. The Balaban J connectivity index is 1.75. The molecule has 3 aromatic rings. The fourth-order valence-electron chi connectivity index (χ4n) is 3.53. The van der Waals surface area contributed by atoms with Crippen molar-refractivity contribution in [3.05, 3.63) is 59.4 Å². The van der Waals surface area contributed by atoms with E-state index in [1.165, 1.54) is 6.34 Å². The Hall–Kier alpha value is -3.68. The maximum atomic E-state index is 13.1. The first-order valence-corrected chi connectivity index (χ1v) is 8.85. The number of anilines is 1. The Morgan fingerprint density at radius 2 is 1.82 bits per heavy atom. The van der Waals surface area contributed by atoms with Crippen LogP contribution in [0.2, 0.25) is 0 Å². The highest BCUT2D eigenvalue weighted by molar-refractivity contribution is 6.05. The number of para-hydroxylation sites is 3. The zero-order valence-corrected chi connectivity index (χ0v) is 15.5. The van der Waals surface area contributed by atoms with Crippen LogP contribution >= 0.6 is 0 Å². The molecule has 1 aliphatic rings. The summed E-state index contributed by atoms with van der Waals surface area (Å²) >= 11 is 0. The molecule has 0 aliphatic carbocycles. The Bertz CT molecular complexity index is 1070. The van der Waals surface area contributed by atoms with Crippen LogP contribution in [0.25, 0.3) is 11.0 Å². The number of nitrogens with one attached hydrogen (secondary N) is 3. The van der Waals surface area contributed by atoms with E-state index in [1.807, 2.05) is 56.3 Å². The third kappa shape index (κ3) is 2.61. The molecule has 1 aromatic heterocycles. The van der Waals surface area contributed by atoms with Gasteiger partial charge in [0.15, 0.2) is 6.04 Å². The Labute approximate surface area is 161 Å². The molecule has 28 heavy (non-hydrogen) atoms. The van der Waals surface area contributed by atoms with E-state index in [0.717, 1.165) is 16.6 Å². The lowest BCUT2D eigenvalue weighted by molar-refractivity contribution is -0.129. The zero-order chi connectivity index (χ0) is 19.9. The van der Waals surface area contributed by atoms with Crippen LogP contribution in [0.5, 0.6) is 0 Å². The summed E-state index contributed by atoms with van der Waals surface area (Å²) in [6, 6.07) is 12.0. The molecule has 0 fully saturated rings. The van der Waals surface area contributed by atoms with Crippen LogP contribution in [-0.2, 0) is 15.1 Å². The van der Waals surface area contributed by atoms with Gasteiger partial charge in [0.1, 0.15) is 5.82 Å². The summed E-state index contributed by atoms with van der Waals surface area (Å²) in [4.78, 5) is 37.4. The van der Waals surface area contributed by atoms with Gasteiger partial charge in [0.25, 0.3) is 11.8 Å². The highest BCUT2D eigenvalue weighted by Gasteiger charge is 2.54. The first kappa shape index (κ1) is 17.7. The number of H-pyrrole nitrogens is 1. The smallest absolute Gasteiger partial charge is 0.253 e. The summed E-state index contributed by atoms with van der Waals surface area (Å²) in [5.41, 5.74) is 8.07. The minimum Gasteiger partial charge on any atom is -0.367 e. The van der Waals surface area contributed by atoms with Crippen molar-refractivity contribution in [2.45, 2.75) is 25.4 Å². The summed E-state index contributed by atoms with van der Waals surface area (Å²) in [5, 5.41) is 5.76. The maximum absolute atomic E-state index is 13.1. The van der Waals surface area contributed by atoms with Gasteiger partial charge in [0.2, 0.25) is 5.54 Å². The molecule has 2 unspecified atom stereocenters. The lowest BCUT2D eigenvalue weighted by Crippen LogP contribution is -2.59. The number of aliphatic imine (C=N–C) groups is 1. The molecular weight excluding hydrogens is 356 g/mol. The molecule has 0 bridgehead atoms. The van der Waals surface area contributed by atoms with Crippen LogP contribution in [0.4, 0.5) is 5.69 Å². The van der Waals surface area contributed by atoms with Crippen molar-refractivity contribution in [3.8, 4) is 0 Å². The highest BCUT2D eigenvalue weighted by atomic mass is 16.2. The molecule has 2 atom stereocenters. The first-order valence-electron chi connectivity index (χ1n) is 8.85. The quantitative estimate of drug-likeness (QED) is 0.550. The number of primary amides is 1. The van der Waals surface area contributed by atoms with Gasteiger partial charge in [-0.25, -0.2) is 4.98 Å². The number of imidazole rings is 1. The number of aromatic nitrogens is 2. The van der Waals surface area contributed by atoms with Crippen LogP contribution < -0.4 is 16.4 Å². The van der Waals surface area contributed by atoms with Crippen molar-refractivity contribution in [1.82, 2.24) is 15.3 Å². The second-order valence-electron chi connectivity index (χ2n) is 6.86. The minimum atomic E-state index is -1.60. The molecule has 4 rings (SSSR count). The zero-order valence-electron chi connectivity index (χ0n) is 15.5. The van der Waals surface area contributed by atoms with Gasteiger partial charge in [0, 0.05) is 5.69 Å². The summed E-state index contributed by atoms with van der Waals surface area (Å²) in [6.45, 7) is 3.80. The molecule has 2 heterocycles. The van der Waals surface area contributed by atoms with Crippen molar-refractivity contribution in [2.24, 2.45) is 10.7 Å². The lowest BCUT2D eigenvalue weighted by Gasteiger charge is -2.29. The van der Waals surface area contributed by atoms with Gasteiger partial charge in [-0.05, 0) is 37.1 Å². The molecule has 0 radical (unpaired) electrons. The number of benzene rings is 2. The summed E-state index contributed by atoms with van der Waals surface area (Å²) in [5.74, 6) is -0.941. The number of aryl methyl sites for hydroxylation is 2. The molecular formula is C20H20N6O2. The number of nitrogens with two attached hydrogens (primary N) is 1. The van der Waals surface area contributed by atoms with Gasteiger partial charge >= 0.3 is 0 Å². The van der Waals surface area contributed by atoms with Crippen LogP contribution in [0.1, 0.15) is 17.0 Å². The Kier molecular flexibility index (Phi) is 4.11. The van der Waals surface area contributed by atoms with E-state index < -0.39 is 23.4 Å². The third-order valence-corrected chi connectivity index (χ3v) is 5.06. The largest absolute Gasteiger partial charge is 0.367 e. The second-order valence-corrected chi connectivity index (χ2v) is 6.86. The molecule has 5 N–H and O–H groups in total. The molecule has 2 amide bonds. The Morgan fingerprint density at radius 1 is 1.11 bits per heavy atom. The SMILES string of the molecule is Cc1cccc(C)c1NC(=O)C1N=CNC1(C(N)=O)c1nc2ccccc2[nH]1. The third-order valence-electron chi connectivity index (χ3n) is 5.06. The van der Waals surface area contributed by atoms with Crippen molar-refractivity contribution >= 4 is 34.9 Å². The van der Waals surface area contributed by atoms with E-state index in [0.29, 0.717) is 11.2 Å². The molecule has 8 nitrogen and oxygen atoms in total. The van der Waals surface area contributed by atoms with Crippen LogP contribution in [0.15, 0.2) is 47.5 Å². The Morgan fingerprint density at radius 3 is 2.50 bits per heavy atom. The van der Waals surface area contributed by atoms with Crippen molar-refractivity contribution < 1.29 is 9.59 Å². The van der Waals surface area contributed by atoms with Gasteiger partial charge < -0.3 is 21.4 Å². The van der Waals surface area contributed by atoms with Gasteiger partial charge in [-0.2, -0.15) is 0 Å². The van der Waals surface area contributed by atoms with Gasteiger partial charge in [-0.1, -0.05) is 30.3 Å². The van der Waals surface area contributed by atoms with Gasteiger partial charge in [-0.15, -0.1) is 0 Å². The number of hydrogen-bond donors (Lipinski definition) is 4. The number of carbonyl (C=O) groups is 2. The topological polar surface area (TPSA) is 125 Å². The van der Waals surface area contributed by atoms with E-state index >= 15 is 0 Å². The second kappa shape index (κ2) is 6.49. The van der Waals surface area contributed by atoms with E-state index in [4.69, 9.17) is 5.73 Å². The number of rotatable bonds is 4. The normalized spacial score (nSPS) is 20.9. The molecule has 0 saturated carbocycles. The van der Waals surface area contributed by atoms with E-state index in [1.54, 1.807) is 0 Å². The summed E-state index contributed by atoms with van der Waals surface area (Å²) < 4.78 is 0. The van der Waals surface area contributed by atoms with E-state index in [2.05, 4.69) is 25.6 Å². The molecule has 0 saturated heterocycles. The molecule has 2 aromatic carbocycles. The number of hydrogen-bond acceptors (Lipinski definition) is 5. The number of aromatic amines is 1. The van der Waals surface area contributed by atoms with Crippen molar-refractivity contribution in [2.75, 3.05) is 5.32 Å². The van der Waals surface area contributed by atoms with Crippen molar-refractivity contribution in [3.63, 3.8) is 0 Å². The standard InChI is InChI=1S/C20H20N6O2/c1-11-6-5-7-12(2)15(11)26-17(27)16-20(18(21)28,23-10-22-16)19-24-13-8-3-4-9-14(13)25-19/h3-10,16H,1-2H3,(H2,21,28)(H,22,23)(H,24,25)(H,26,27). The maximum Gasteiger partial charge on any atom is 0.253 e. The van der Waals surface area contributed by atoms with Gasteiger partial charge in [0.05, 0.1) is 17.4 Å². The van der Waals surface area contributed by atoms with Crippen LogP contribution in [0.3, 0.4) is 0 Å². The highest BCUT2D eigenvalue weighted by Crippen LogP contribution is 2.31. The first-order chi connectivity index (χ1) is 13.4. The molecule has 1 aliphatic heterocycles. The van der Waals surface area contributed by atoms with E-state index in [-0.39, 0.29) is 5.82 Å². The van der Waals surface area contributed by atoms with Crippen LogP contribution in [-0.4, -0.2) is 34.2 Å². The lowest BCUT2D eigenvalue weighted by atomic mass is 9.88. The molecule has 8 heteroatoms. The number of fused-ring (bicyclic) bond motifs is 1. The van der Waals surface area contributed by atoms with Crippen LogP contribution in [0, 0.1) is 13.8 Å². The average Bonchev–Trinajstić information content (AvgIpc) is 3.29. The number of carbonyl (C=O) groups excluding carboxylic acids is 2. The monoisotopic (exact) mass is 376 g/mol. The molecule has 0 spiro atoms. The fraction of sp³-hybridized carbons (Fsp3) is 0.200. The van der Waals surface area contributed by atoms with Crippen molar-refractivity contribution in [1.29, 1.82) is 0 Å². The number of amides is 2. The van der Waals surface area contributed by atoms with Gasteiger partial charge in [-0.3, -0.25) is 14.6 Å². The predicted molar refractivity (Wildman–Crippen MR) is 107 cm³/mol. The molecule has 142 valence electrons. The number of nitrogens with zero attached hydrogens (tertiary/aromatic N) is 2. The summed E-state index contributed by atoms with van der Waals surface area (Å²) in [7, 11) is 0. The minimum absolute atomic E-state index is 0.250. The van der Waals surface area contributed by atoms with E-state index in [9.17, 15) is 9.59 Å². The predicted octanol–water partition coefficient (Wildman–Crippen LogP) is 1.50. The summed E-state index contributed by atoms with van der Waals surface area (Å²) in [6.07, 6.45) is 1.33.